The lowest BCUT2D eigenvalue weighted by molar-refractivity contribution is 0.581. The Morgan fingerprint density at radius 1 is 1.19 bits per heavy atom. The maximum Gasteiger partial charge on any atom is 0.240 e. The van der Waals surface area contributed by atoms with E-state index < -0.39 is 10.0 Å². The van der Waals surface area contributed by atoms with Gasteiger partial charge >= 0.3 is 0 Å². The third kappa shape index (κ3) is 6.82. The van der Waals surface area contributed by atoms with Crippen LogP contribution in [0.15, 0.2) is 29.2 Å². The van der Waals surface area contributed by atoms with Gasteiger partial charge in [0.25, 0.3) is 0 Å². The van der Waals surface area contributed by atoms with Gasteiger partial charge in [-0.1, -0.05) is 26.0 Å². The summed E-state index contributed by atoms with van der Waals surface area (Å²) in [5.41, 5.74) is 1.15. The van der Waals surface area contributed by atoms with Gasteiger partial charge in [0, 0.05) is 11.8 Å². The molecule has 21 heavy (non-hydrogen) atoms. The Kier molecular flexibility index (Phi) is 8.33. The number of hydrogen-bond donors (Lipinski definition) is 2. The van der Waals surface area contributed by atoms with Crippen molar-refractivity contribution in [2.45, 2.75) is 36.8 Å². The van der Waals surface area contributed by atoms with Gasteiger partial charge in [0.1, 0.15) is 0 Å². The van der Waals surface area contributed by atoms with E-state index in [0.29, 0.717) is 11.4 Å². The van der Waals surface area contributed by atoms with Crippen LogP contribution in [0.3, 0.4) is 0 Å². The molecule has 0 aromatic heterocycles. The van der Waals surface area contributed by atoms with E-state index in [1.54, 1.807) is 23.9 Å². The van der Waals surface area contributed by atoms with Gasteiger partial charge in [0.2, 0.25) is 10.0 Å². The van der Waals surface area contributed by atoms with Crippen LogP contribution in [0, 0.1) is 0 Å². The van der Waals surface area contributed by atoms with E-state index in [4.69, 9.17) is 0 Å². The van der Waals surface area contributed by atoms with Crippen LogP contribution in [0.4, 0.5) is 0 Å². The van der Waals surface area contributed by atoms with Crippen LogP contribution in [0.5, 0.6) is 0 Å². The van der Waals surface area contributed by atoms with Gasteiger partial charge in [-0.3, -0.25) is 0 Å². The summed E-state index contributed by atoms with van der Waals surface area (Å²) in [6.45, 7) is 6.52. The zero-order chi connectivity index (χ0) is 15.7. The molecule has 0 saturated carbocycles. The number of rotatable bonds is 10. The van der Waals surface area contributed by atoms with E-state index >= 15 is 0 Å². The van der Waals surface area contributed by atoms with E-state index in [1.807, 2.05) is 25.3 Å². The molecule has 6 heteroatoms. The van der Waals surface area contributed by atoms with Gasteiger partial charge in [0.15, 0.2) is 0 Å². The molecular formula is C15H26N2O2S2. The summed E-state index contributed by atoms with van der Waals surface area (Å²) in [6.07, 6.45) is 4.01. The number of hydrogen-bond acceptors (Lipinski definition) is 4. The van der Waals surface area contributed by atoms with E-state index in [0.717, 1.165) is 31.5 Å². The summed E-state index contributed by atoms with van der Waals surface area (Å²) < 4.78 is 26.9. The quantitative estimate of drug-likeness (QED) is 0.646. The van der Waals surface area contributed by atoms with Crippen LogP contribution in [-0.4, -0.2) is 39.6 Å². The molecule has 0 heterocycles. The molecule has 0 aliphatic carbocycles. The van der Waals surface area contributed by atoms with Gasteiger partial charge in [-0.25, -0.2) is 13.1 Å². The van der Waals surface area contributed by atoms with Crippen molar-refractivity contribution in [2.24, 2.45) is 0 Å². The van der Waals surface area contributed by atoms with E-state index in [9.17, 15) is 8.42 Å². The van der Waals surface area contributed by atoms with Gasteiger partial charge in [-0.05, 0) is 49.9 Å². The summed E-state index contributed by atoms with van der Waals surface area (Å²) in [4.78, 5) is 0.334. The lowest BCUT2D eigenvalue weighted by Crippen LogP contribution is -2.29. The topological polar surface area (TPSA) is 58.2 Å². The Morgan fingerprint density at radius 2 is 1.86 bits per heavy atom. The molecule has 120 valence electrons. The highest BCUT2D eigenvalue weighted by molar-refractivity contribution is 7.99. The fourth-order valence-corrected chi connectivity index (χ4v) is 3.25. The number of nitrogens with one attached hydrogen (secondary N) is 2. The lowest BCUT2D eigenvalue weighted by atomic mass is 10.1. The average molecular weight is 331 g/mol. The second-order valence-corrected chi connectivity index (χ2v) is 8.09. The van der Waals surface area contributed by atoms with Crippen LogP contribution >= 0.6 is 11.8 Å². The third-order valence-electron chi connectivity index (χ3n) is 3.21. The van der Waals surface area contributed by atoms with Crippen LogP contribution in [0.2, 0.25) is 0 Å². The average Bonchev–Trinajstić information content (AvgIpc) is 2.50. The second-order valence-electron chi connectivity index (χ2n) is 5.04. The zero-order valence-electron chi connectivity index (χ0n) is 13.1. The first-order valence-electron chi connectivity index (χ1n) is 7.31. The molecule has 4 nitrogen and oxygen atoms in total. The normalized spacial score (nSPS) is 13.3. The molecule has 1 unspecified atom stereocenters. The molecule has 0 spiro atoms. The smallest absolute Gasteiger partial charge is 0.240 e. The van der Waals surface area contributed by atoms with Crippen LogP contribution in [-0.2, 0) is 16.4 Å². The number of benzene rings is 1. The molecule has 0 bridgehead atoms. The highest BCUT2D eigenvalue weighted by Gasteiger charge is 2.14. The largest absolute Gasteiger partial charge is 0.316 e. The molecule has 0 fully saturated rings. The van der Waals surface area contributed by atoms with E-state index in [-0.39, 0.29) is 5.25 Å². The summed E-state index contributed by atoms with van der Waals surface area (Å²) in [7, 11) is -3.39. The first-order valence-corrected chi connectivity index (χ1v) is 10.1. The molecule has 0 saturated heterocycles. The van der Waals surface area contributed by atoms with Crippen molar-refractivity contribution in [1.82, 2.24) is 10.0 Å². The van der Waals surface area contributed by atoms with Crippen LogP contribution in [0.1, 0.15) is 25.8 Å². The van der Waals surface area contributed by atoms with Crippen LogP contribution < -0.4 is 10.0 Å². The first kappa shape index (κ1) is 18.5. The number of sulfonamides is 1. The first-order chi connectivity index (χ1) is 9.99. The molecule has 1 aromatic carbocycles. The molecule has 0 aliphatic rings. The summed E-state index contributed by atoms with van der Waals surface area (Å²) in [5, 5.41) is 3.60. The summed E-state index contributed by atoms with van der Waals surface area (Å²) in [5.74, 6) is 0. The molecule has 0 radical (unpaired) electrons. The van der Waals surface area contributed by atoms with Crippen molar-refractivity contribution in [3.8, 4) is 0 Å². The third-order valence-corrected chi connectivity index (χ3v) is 5.62. The summed E-state index contributed by atoms with van der Waals surface area (Å²) in [6, 6.07) is 7.14. The molecule has 0 aliphatic heterocycles. The number of thioether (sulfide) groups is 1. The highest BCUT2D eigenvalue weighted by atomic mass is 32.2. The van der Waals surface area contributed by atoms with Crippen LogP contribution in [0.25, 0.3) is 0 Å². The Labute approximate surface area is 133 Å². The predicted molar refractivity (Wildman–Crippen MR) is 91.5 cm³/mol. The fourth-order valence-electron chi connectivity index (χ4n) is 1.76. The highest BCUT2D eigenvalue weighted by Crippen LogP contribution is 2.12. The minimum atomic E-state index is -3.39. The Bertz CT molecular complexity index is 501. The van der Waals surface area contributed by atoms with Gasteiger partial charge in [-0.15, -0.1) is 0 Å². The monoisotopic (exact) mass is 330 g/mol. The molecular weight excluding hydrogens is 304 g/mol. The lowest BCUT2D eigenvalue weighted by Gasteiger charge is -2.11. The molecule has 1 rings (SSSR count). The van der Waals surface area contributed by atoms with Gasteiger partial charge in [-0.2, -0.15) is 11.8 Å². The molecule has 0 amide bonds. The fraction of sp³-hybridized carbons (Fsp3) is 0.600. The van der Waals surface area contributed by atoms with Gasteiger partial charge in [0.05, 0.1) is 4.90 Å². The van der Waals surface area contributed by atoms with Crippen molar-refractivity contribution in [3.63, 3.8) is 0 Å². The van der Waals surface area contributed by atoms with Gasteiger partial charge < -0.3 is 5.32 Å². The standard InChI is InChI=1S/C15H26N2O2S2/c1-4-10-16-11-9-14-5-7-15(8-6-14)21(18,19)17-12-13(2)20-3/h5-8,13,16-17H,4,9-12H2,1-3H3. The molecule has 1 atom stereocenters. The maximum atomic E-state index is 12.1. The van der Waals surface area contributed by atoms with Crippen molar-refractivity contribution in [3.05, 3.63) is 29.8 Å². The Balaban J connectivity index is 2.56. The minimum Gasteiger partial charge on any atom is -0.316 e. The molecule has 1 aromatic rings. The van der Waals surface area contributed by atoms with Crippen molar-refractivity contribution < 1.29 is 8.42 Å². The van der Waals surface area contributed by atoms with E-state index in [1.165, 1.54) is 0 Å². The summed E-state index contributed by atoms with van der Waals surface area (Å²) >= 11 is 1.64. The predicted octanol–water partition coefficient (Wildman–Crippen LogP) is 2.26. The Morgan fingerprint density at radius 3 is 2.43 bits per heavy atom. The van der Waals surface area contributed by atoms with Crippen molar-refractivity contribution >= 4 is 21.8 Å². The SMILES string of the molecule is CCCNCCc1ccc(S(=O)(=O)NCC(C)SC)cc1. The minimum absolute atomic E-state index is 0.267. The Hall–Kier alpha value is -0.560. The maximum absolute atomic E-state index is 12.1. The van der Waals surface area contributed by atoms with E-state index in [2.05, 4.69) is 17.0 Å². The second kappa shape index (κ2) is 9.46. The van der Waals surface area contributed by atoms with Crippen molar-refractivity contribution in [1.29, 1.82) is 0 Å². The zero-order valence-corrected chi connectivity index (χ0v) is 14.7. The molecule has 2 N–H and O–H groups in total. The van der Waals surface area contributed by atoms with Crippen molar-refractivity contribution in [2.75, 3.05) is 25.9 Å².